The molecule has 8 aromatic heterocycles. The molecule has 0 saturated carbocycles. The molecule has 0 amide bonds. The smallest absolute Gasteiger partial charge is 0.233 e. The molecule has 8 aromatic rings. The van der Waals surface area contributed by atoms with E-state index in [0.717, 1.165) is 28.3 Å². The Morgan fingerprint density at radius 1 is 0.500 bits per heavy atom. The third kappa shape index (κ3) is 8.44. The molecule has 0 fully saturated rings. The van der Waals surface area contributed by atoms with Crippen molar-refractivity contribution in [1.82, 2.24) is 57.7 Å². The Hall–Kier alpha value is -5.52. The standard InChI is InChI=1S/4C9H11N3/c1-7(2)8-3-11-9-4-10-6-12(9)5-8;1-7(2)9-5-12-6-10-3-8(12)4-11-9;1-7(2)8-5-11-9-10-3-4-12(9)6-8;1-7(2)8-3-4-9-11-10-6-12(9)5-8/h4*3-7H,1-2H3. The zero-order chi connectivity index (χ0) is 34.2. The third-order valence-electron chi connectivity index (χ3n) is 7.76. The number of fused-ring (bicyclic) bond motifs is 4. The lowest BCUT2D eigenvalue weighted by Crippen LogP contribution is -1.95. The first-order valence-electron chi connectivity index (χ1n) is 16.2. The van der Waals surface area contributed by atoms with E-state index in [1.165, 1.54) is 16.7 Å². The first-order valence-corrected chi connectivity index (χ1v) is 16.2. The molecule has 0 aliphatic rings. The first kappa shape index (κ1) is 33.8. The van der Waals surface area contributed by atoms with E-state index < -0.39 is 0 Å². The number of aromatic nitrogens is 12. The van der Waals surface area contributed by atoms with E-state index in [4.69, 9.17) is 0 Å². The predicted molar refractivity (Wildman–Crippen MR) is 188 cm³/mol. The maximum Gasteiger partial charge on any atom is 0.233 e. The van der Waals surface area contributed by atoms with Crippen molar-refractivity contribution in [3.05, 3.63) is 122 Å². The van der Waals surface area contributed by atoms with Crippen LogP contribution in [0.3, 0.4) is 0 Å². The minimum atomic E-state index is 0.469. The average molecular weight is 645 g/mol. The molecule has 0 aromatic carbocycles. The van der Waals surface area contributed by atoms with Gasteiger partial charge in [0.25, 0.3) is 0 Å². The zero-order valence-electron chi connectivity index (χ0n) is 28.9. The molecule has 0 spiro atoms. The van der Waals surface area contributed by atoms with Gasteiger partial charge in [0.2, 0.25) is 5.78 Å². The first-order chi connectivity index (χ1) is 23.1. The van der Waals surface area contributed by atoms with E-state index >= 15 is 0 Å². The number of rotatable bonds is 4. The molecule has 0 aliphatic carbocycles. The maximum atomic E-state index is 4.32. The Bertz CT molecular complexity index is 1870. The van der Waals surface area contributed by atoms with Crippen molar-refractivity contribution in [2.24, 2.45) is 0 Å². The molecular formula is C36H44N12. The summed E-state index contributed by atoms with van der Waals surface area (Å²) in [6.45, 7) is 17.2. The lowest BCUT2D eigenvalue weighted by molar-refractivity contribution is 0.808. The fourth-order valence-electron chi connectivity index (χ4n) is 4.58. The van der Waals surface area contributed by atoms with Crippen molar-refractivity contribution in [1.29, 1.82) is 0 Å². The van der Waals surface area contributed by atoms with Crippen LogP contribution in [0.2, 0.25) is 0 Å². The second kappa shape index (κ2) is 15.4. The van der Waals surface area contributed by atoms with Crippen molar-refractivity contribution in [2.45, 2.75) is 79.1 Å². The number of hydrogen-bond acceptors (Lipinski definition) is 8. The van der Waals surface area contributed by atoms with Gasteiger partial charge in [-0.1, -0.05) is 61.5 Å². The van der Waals surface area contributed by atoms with Crippen molar-refractivity contribution in [3.63, 3.8) is 0 Å². The van der Waals surface area contributed by atoms with Gasteiger partial charge in [-0.05, 0) is 46.4 Å². The van der Waals surface area contributed by atoms with Gasteiger partial charge in [0.1, 0.15) is 12.7 Å². The molecule has 0 atom stereocenters. The van der Waals surface area contributed by atoms with E-state index in [0.29, 0.717) is 23.7 Å². The molecular weight excluding hydrogens is 600 g/mol. The second-order valence-electron chi connectivity index (χ2n) is 12.8. The van der Waals surface area contributed by atoms with Gasteiger partial charge in [-0.3, -0.25) is 18.2 Å². The highest BCUT2D eigenvalue weighted by Gasteiger charge is 2.03. The number of imidazole rings is 3. The van der Waals surface area contributed by atoms with E-state index in [9.17, 15) is 0 Å². The topological polar surface area (TPSA) is 121 Å². The molecule has 0 saturated heterocycles. The SMILES string of the molecule is CC(C)c1ccc2nncn2c1.CC(C)c1cn2cncc2cn1.CC(C)c1cnc2cncn2c1.CC(C)c1cnc2nccn2c1. The minimum absolute atomic E-state index is 0.469. The number of pyridine rings is 1. The summed E-state index contributed by atoms with van der Waals surface area (Å²) in [7, 11) is 0. The molecule has 12 nitrogen and oxygen atoms in total. The Morgan fingerprint density at radius 2 is 1.15 bits per heavy atom. The van der Waals surface area contributed by atoms with Crippen LogP contribution < -0.4 is 0 Å². The van der Waals surface area contributed by atoms with Gasteiger partial charge in [-0.25, -0.2) is 24.9 Å². The normalized spacial score (nSPS) is 11.2. The van der Waals surface area contributed by atoms with Gasteiger partial charge >= 0.3 is 0 Å². The van der Waals surface area contributed by atoms with Crippen LogP contribution in [0.25, 0.3) is 22.6 Å². The zero-order valence-corrected chi connectivity index (χ0v) is 28.9. The summed E-state index contributed by atoms with van der Waals surface area (Å²) in [6.07, 6.45) is 26.4. The summed E-state index contributed by atoms with van der Waals surface area (Å²) in [4.78, 5) is 24.9. The Morgan fingerprint density at radius 3 is 1.88 bits per heavy atom. The minimum Gasteiger partial charge on any atom is -0.303 e. The Kier molecular flexibility index (Phi) is 10.8. The van der Waals surface area contributed by atoms with Crippen LogP contribution in [0.4, 0.5) is 0 Å². The highest BCUT2D eigenvalue weighted by Crippen LogP contribution is 2.15. The van der Waals surface area contributed by atoms with Crippen LogP contribution in [0.1, 0.15) is 101 Å². The summed E-state index contributed by atoms with van der Waals surface area (Å²) in [5.41, 5.74) is 7.72. The van der Waals surface area contributed by atoms with Crippen LogP contribution >= 0.6 is 0 Å². The number of hydrogen-bond donors (Lipinski definition) is 0. The van der Waals surface area contributed by atoms with Gasteiger partial charge in [0, 0.05) is 49.6 Å². The molecule has 8 heterocycles. The largest absolute Gasteiger partial charge is 0.303 e. The maximum absolute atomic E-state index is 4.32. The predicted octanol–water partition coefficient (Wildman–Crippen LogP) is 7.41. The van der Waals surface area contributed by atoms with Crippen LogP contribution in [0, 0.1) is 0 Å². The lowest BCUT2D eigenvalue weighted by atomic mass is 10.1. The number of nitrogens with zero attached hydrogens (tertiary/aromatic N) is 12. The molecule has 0 aliphatic heterocycles. The fourth-order valence-corrected chi connectivity index (χ4v) is 4.58. The molecule has 12 heteroatoms. The molecule has 0 bridgehead atoms. The molecule has 48 heavy (non-hydrogen) atoms. The van der Waals surface area contributed by atoms with Gasteiger partial charge in [0.05, 0.1) is 36.1 Å². The molecule has 0 radical (unpaired) electrons. The van der Waals surface area contributed by atoms with Gasteiger partial charge in [-0.15, -0.1) is 10.2 Å². The van der Waals surface area contributed by atoms with Gasteiger partial charge < -0.3 is 4.40 Å². The van der Waals surface area contributed by atoms with Crippen molar-refractivity contribution in [2.75, 3.05) is 0 Å². The lowest BCUT2D eigenvalue weighted by Gasteiger charge is -2.04. The highest BCUT2D eigenvalue weighted by molar-refractivity contribution is 5.42. The van der Waals surface area contributed by atoms with Gasteiger partial charge in [0.15, 0.2) is 11.3 Å². The summed E-state index contributed by atoms with van der Waals surface area (Å²) < 4.78 is 7.81. The molecule has 248 valence electrons. The summed E-state index contributed by atoms with van der Waals surface area (Å²) in [5, 5.41) is 7.75. The second-order valence-corrected chi connectivity index (χ2v) is 12.8. The van der Waals surface area contributed by atoms with Crippen LogP contribution in [0.15, 0.2) is 99.3 Å². The van der Waals surface area contributed by atoms with Crippen molar-refractivity contribution >= 4 is 22.6 Å². The van der Waals surface area contributed by atoms with Crippen molar-refractivity contribution in [3.8, 4) is 0 Å². The average Bonchev–Trinajstić information content (AvgIpc) is 3.91. The Labute approximate surface area is 280 Å². The van der Waals surface area contributed by atoms with Crippen LogP contribution in [-0.4, -0.2) is 57.7 Å². The van der Waals surface area contributed by atoms with Gasteiger partial charge in [-0.2, -0.15) is 0 Å². The van der Waals surface area contributed by atoms with E-state index in [1.54, 1.807) is 37.6 Å². The summed E-state index contributed by atoms with van der Waals surface area (Å²) in [5.74, 6) is 2.82. The molecule has 8 rings (SSSR count). The van der Waals surface area contributed by atoms with Crippen molar-refractivity contribution < 1.29 is 0 Å². The highest BCUT2D eigenvalue weighted by atomic mass is 15.2. The molecule has 0 unspecified atom stereocenters. The quantitative estimate of drug-likeness (QED) is 0.194. The van der Waals surface area contributed by atoms with E-state index in [2.05, 4.69) is 120 Å². The summed E-state index contributed by atoms with van der Waals surface area (Å²) in [6, 6.07) is 4.08. The van der Waals surface area contributed by atoms with E-state index in [1.807, 2.05) is 54.7 Å². The molecule has 0 N–H and O–H groups in total. The Balaban J connectivity index is 0.000000125. The monoisotopic (exact) mass is 644 g/mol. The van der Waals surface area contributed by atoms with E-state index in [-0.39, 0.29) is 0 Å². The summed E-state index contributed by atoms with van der Waals surface area (Å²) >= 11 is 0. The fraction of sp³-hybridized carbons (Fsp3) is 0.333. The van der Waals surface area contributed by atoms with Crippen LogP contribution in [-0.2, 0) is 0 Å². The van der Waals surface area contributed by atoms with Crippen LogP contribution in [0.5, 0.6) is 0 Å². The third-order valence-corrected chi connectivity index (χ3v) is 7.76.